The van der Waals surface area contributed by atoms with Gasteiger partial charge in [0, 0.05) is 25.7 Å². The van der Waals surface area contributed by atoms with Crippen molar-refractivity contribution in [2.45, 2.75) is 53.2 Å². The lowest BCUT2D eigenvalue weighted by atomic mass is 10.0. The molecule has 1 unspecified atom stereocenters. The second-order valence-electron chi connectivity index (χ2n) is 6.30. The van der Waals surface area contributed by atoms with Gasteiger partial charge in [-0.1, -0.05) is 52.0 Å². The van der Waals surface area contributed by atoms with E-state index in [0.717, 1.165) is 39.1 Å². The van der Waals surface area contributed by atoms with Gasteiger partial charge in [-0.3, -0.25) is 4.90 Å². The van der Waals surface area contributed by atoms with E-state index in [4.69, 9.17) is 5.73 Å². The number of hydrogen-bond donors (Lipinski definition) is 2. The Morgan fingerprint density at radius 1 is 1.05 bits per heavy atom. The van der Waals surface area contributed by atoms with Gasteiger partial charge in [0.1, 0.15) is 0 Å². The van der Waals surface area contributed by atoms with Crippen molar-refractivity contribution >= 4 is 0 Å². The highest BCUT2D eigenvalue weighted by Gasteiger charge is 2.05. The van der Waals surface area contributed by atoms with Crippen LogP contribution in [0.2, 0.25) is 0 Å². The second-order valence-corrected chi connectivity index (χ2v) is 6.30. The Balaban J connectivity index is 2.34. The summed E-state index contributed by atoms with van der Waals surface area (Å²) in [6, 6.07) is 9.18. The molecule has 0 aliphatic heterocycles. The van der Waals surface area contributed by atoms with Crippen LogP contribution < -0.4 is 11.1 Å². The Bertz CT molecular complexity index is 369. The smallest absolute Gasteiger partial charge is 0.0233 e. The zero-order valence-corrected chi connectivity index (χ0v) is 14.2. The molecule has 1 atom stereocenters. The van der Waals surface area contributed by atoms with Crippen molar-refractivity contribution in [3.8, 4) is 0 Å². The van der Waals surface area contributed by atoms with Crippen LogP contribution in [0.1, 0.15) is 45.2 Å². The quantitative estimate of drug-likeness (QED) is 0.696. The highest BCUT2D eigenvalue weighted by atomic mass is 15.1. The van der Waals surface area contributed by atoms with Crippen molar-refractivity contribution in [1.82, 2.24) is 10.2 Å². The lowest BCUT2D eigenvalue weighted by molar-refractivity contribution is 0.296. The molecule has 0 aliphatic rings. The van der Waals surface area contributed by atoms with Crippen molar-refractivity contribution < 1.29 is 0 Å². The molecule has 0 radical (unpaired) electrons. The fraction of sp³-hybridized carbons (Fsp3) is 0.667. The maximum atomic E-state index is 6.08. The van der Waals surface area contributed by atoms with Gasteiger partial charge in [0.05, 0.1) is 0 Å². The summed E-state index contributed by atoms with van der Waals surface area (Å²) in [6.45, 7) is 13.9. The third kappa shape index (κ3) is 7.60. The Labute approximate surface area is 130 Å². The average Bonchev–Trinajstić information content (AvgIpc) is 2.45. The van der Waals surface area contributed by atoms with Crippen LogP contribution in [-0.2, 0) is 13.1 Å². The molecule has 3 N–H and O–H groups in total. The molecule has 0 saturated heterocycles. The topological polar surface area (TPSA) is 41.3 Å². The van der Waals surface area contributed by atoms with Crippen LogP contribution >= 0.6 is 0 Å². The van der Waals surface area contributed by atoms with E-state index in [1.54, 1.807) is 0 Å². The number of nitrogens with two attached hydrogens (primary N) is 1. The lowest BCUT2D eigenvalue weighted by Crippen LogP contribution is -2.34. The average molecular weight is 291 g/mol. The van der Waals surface area contributed by atoms with Crippen LogP contribution in [0, 0.1) is 5.92 Å². The van der Waals surface area contributed by atoms with Gasteiger partial charge in [-0.05, 0) is 36.6 Å². The third-order valence-electron chi connectivity index (χ3n) is 3.83. The van der Waals surface area contributed by atoms with Crippen molar-refractivity contribution in [3.05, 3.63) is 35.4 Å². The summed E-state index contributed by atoms with van der Waals surface area (Å²) in [6.07, 6.45) is 1.08. The molecule has 21 heavy (non-hydrogen) atoms. The van der Waals surface area contributed by atoms with Crippen molar-refractivity contribution in [2.75, 3.05) is 19.6 Å². The van der Waals surface area contributed by atoms with Gasteiger partial charge in [-0.15, -0.1) is 0 Å². The van der Waals surface area contributed by atoms with Gasteiger partial charge < -0.3 is 11.1 Å². The predicted molar refractivity (Wildman–Crippen MR) is 92.2 cm³/mol. The summed E-state index contributed by atoms with van der Waals surface area (Å²) < 4.78 is 0. The third-order valence-corrected chi connectivity index (χ3v) is 3.83. The maximum Gasteiger partial charge on any atom is 0.0233 e. The first-order valence-corrected chi connectivity index (χ1v) is 8.31. The van der Waals surface area contributed by atoms with E-state index in [9.17, 15) is 0 Å². The van der Waals surface area contributed by atoms with Gasteiger partial charge >= 0.3 is 0 Å². The number of rotatable bonds is 10. The van der Waals surface area contributed by atoms with E-state index < -0.39 is 0 Å². The predicted octanol–water partition coefficient (Wildman–Crippen LogP) is 2.99. The van der Waals surface area contributed by atoms with E-state index in [-0.39, 0.29) is 6.04 Å². The molecule has 1 aromatic carbocycles. The van der Waals surface area contributed by atoms with Gasteiger partial charge in [0.15, 0.2) is 0 Å². The van der Waals surface area contributed by atoms with Crippen molar-refractivity contribution in [3.63, 3.8) is 0 Å². The highest BCUT2D eigenvalue weighted by Crippen LogP contribution is 2.08. The molecule has 1 aromatic rings. The summed E-state index contributed by atoms with van der Waals surface area (Å²) >= 11 is 0. The first-order chi connectivity index (χ1) is 10.0. The molecule has 1 rings (SSSR count). The summed E-state index contributed by atoms with van der Waals surface area (Å²) in [4.78, 5) is 2.43. The second kappa shape index (κ2) is 9.93. The van der Waals surface area contributed by atoms with Gasteiger partial charge in [0.2, 0.25) is 0 Å². The molecule has 120 valence electrons. The monoisotopic (exact) mass is 291 g/mol. The largest absolute Gasteiger partial charge is 0.327 e. The molecule has 0 aliphatic carbocycles. The van der Waals surface area contributed by atoms with Crippen LogP contribution in [0.4, 0.5) is 0 Å². The molecule has 0 heterocycles. The molecule has 0 aromatic heterocycles. The van der Waals surface area contributed by atoms with E-state index in [2.05, 4.69) is 62.2 Å². The number of nitrogens with one attached hydrogen (secondary N) is 1. The summed E-state index contributed by atoms with van der Waals surface area (Å²) in [5.74, 6) is 0.668. The molecular formula is C18H33N3. The minimum atomic E-state index is 0.256. The van der Waals surface area contributed by atoms with Crippen LogP contribution in [-0.4, -0.2) is 30.6 Å². The summed E-state index contributed by atoms with van der Waals surface area (Å²) in [5.41, 5.74) is 8.80. The van der Waals surface area contributed by atoms with E-state index in [1.807, 2.05) is 0 Å². The Morgan fingerprint density at radius 3 is 2.14 bits per heavy atom. The first kappa shape index (κ1) is 18.1. The standard InChI is InChI=1S/C18H33N3/c1-5-21(6-2)14-17-9-7-16(8-10-17)12-20-13-18(19)11-15(3)4/h7-10,15,18,20H,5-6,11-14,19H2,1-4H3. The van der Waals surface area contributed by atoms with Gasteiger partial charge in [-0.2, -0.15) is 0 Å². The first-order valence-electron chi connectivity index (χ1n) is 8.31. The van der Waals surface area contributed by atoms with Crippen LogP contribution in [0.25, 0.3) is 0 Å². The molecule has 3 nitrogen and oxygen atoms in total. The fourth-order valence-corrected chi connectivity index (χ4v) is 2.56. The Kier molecular flexibility index (Phi) is 8.58. The molecular weight excluding hydrogens is 258 g/mol. The summed E-state index contributed by atoms with van der Waals surface area (Å²) in [5, 5.41) is 3.45. The minimum Gasteiger partial charge on any atom is -0.327 e. The summed E-state index contributed by atoms with van der Waals surface area (Å²) in [7, 11) is 0. The van der Waals surface area contributed by atoms with Gasteiger partial charge in [-0.25, -0.2) is 0 Å². The molecule has 3 heteroatoms. The maximum absolute atomic E-state index is 6.08. The molecule has 0 bridgehead atoms. The normalized spacial score (nSPS) is 13.1. The Morgan fingerprint density at radius 2 is 1.62 bits per heavy atom. The SMILES string of the molecule is CCN(CC)Cc1ccc(CNCC(N)CC(C)C)cc1. The van der Waals surface area contributed by atoms with Crippen LogP contribution in [0.3, 0.4) is 0 Å². The van der Waals surface area contributed by atoms with Crippen molar-refractivity contribution in [2.24, 2.45) is 11.7 Å². The Hall–Kier alpha value is -0.900. The van der Waals surface area contributed by atoms with Crippen LogP contribution in [0.5, 0.6) is 0 Å². The lowest BCUT2D eigenvalue weighted by Gasteiger charge is -2.18. The van der Waals surface area contributed by atoms with E-state index in [0.29, 0.717) is 5.92 Å². The zero-order chi connectivity index (χ0) is 15.7. The molecule has 0 fully saturated rings. The minimum absolute atomic E-state index is 0.256. The highest BCUT2D eigenvalue weighted by molar-refractivity contribution is 5.22. The van der Waals surface area contributed by atoms with E-state index in [1.165, 1.54) is 11.1 Å². The molecule has 0 saturated carbocycles. The van der Waals surface area contributed by atoms with Crippen molar-refractivity contribution in [1.29, 1.82) is 0 Å². The number of benzene rings is 1. The zero-order valence-electron chi connectivity index (χ0n) is 14.2. The molecule has 0 spiro atoms. The number of nitrogens with zero attached hydrogens (tertiary/aromatic N) is 1. The number of hydrogen-bond acceptors (Lipinski definition) is 3. The molecule has 0 amide bonds. The fourth-order valence-electron chi connectivity index (χ4n) is 2.56. The van der Waals surface area contributed by atoms with Crippen LogP contribution in [0.15, 0.2) is 24.3 Å². The van der Waals surface area contributed by atoms with Gasteiger partial charge in [0.25, 0.3) is 0 Å². The van der Waals surface area contributed by atoms with E-state index >= 15 is 0 Å².